The third-order valence-corrected chi connectivity index (χ3v) is 4.06. The van der Waals surface area contributed by atoms with Crippen molar-refractivity contribution in [2.45, 2.75) is 13.3 Å². The minimum atomic E-state index is 0.594. The van der Waals surface area contributed by atoms with Crippen LogP contribution in [-0.4, -0.2) is 31.1 Å². The molecule has 0 aliphatic carbocycles. The number of aromatic nitrogens is 5. The molecule has 0 radical (unpaired) electrons. The van der Waals surface area contributed by atoms with Gasteiger partial charge >= 0.3 is 0 Å². The van der Waals surface area contributed by atoms with Gasteiger partial charge in [-0.15, -0.1) is 5.10 Å². The van der Waals surface area contributed by atoms with E-state index in [-0.39, 0.29) is 0 Å². The molecule has 0 aliphatic heterocycles. The number of hydrogen-bond acceptors (Lipinski definition) is 5. The Morgan fingerprint density at radius 2 is 1.84 bits per heavy atom. The van der Waals surface area contributed by atoms with Gasteiger partial charge in [-0.2, -0.15) is 0 Å². The van der Waals surface area contributed by atoms with Gasteiger partial charge in [-0.3, -0.25) is 4.98 Å². The maximum atomic E-state index is 4.65. The van der Waals surface area contributed by atoms with Gasteiger partial charge in [0.2, 0.25) is 5.95 Å². The number of benzene rings is 1. The second-order valence-corrected chi connectivity index (χ2v) is 5.80. The first-order chi connectivity index (χ1) is 12.3. The van der Waals surface area contributed by atoms with Gasteiger partial charge in [-0.25, -0.2) is 14.5 Å². The number of fused-ring (bicyclic) bond motifs is 1. The third-order valence-electron chi connectivity index (χ3n) is 4.06. The lowest BCUT2D eigenvalue weighted by molar-refractivity contribution is 0.882. The topological polar surface area (TPSA) is 68.0 Å². The number of hydrogen-bond donors (Lipinski definition) is 1. The SMILES string of the molecule is Cc1nc(-c2ccccc2)n2nc(NCCc3ccncc3)ncc12. The monoisotopic (exact) mass is 330 g/mol. The summed E-state index contributed by atoms with van der Waals surface area (Å²) in [5.74, 6) is 1.42. The molecule has 0 bridgehead atoms. The van der Waals surface area contributed by atoms with Crippen LogP contribution in [0.25, 0.3) is 16.9 Å². The molecule has 4 aromatic rings. The van der Waals surface area contributed by atoms with E-state index in [4.69, 9.17) is 0 Å². The average molecular weight is 330 g/mol. The van der Waals surface area contributed by atoms with Gasteiger partial charge < -0.3 is 5.32 Å². The van der Waals surface area contributed by atoms with Crippen LogP contribution in [-0.2, 0) is 6.42 Å². The molecule has 124 valence electrons. The lowest BCUT2D eigenvalue weighted by Gasteiger charge is -2.06. The van der Waals surface area contributed by atoms with Crippen LogP contribution in [0.15, 0.2) is 61.1 Å². The molecule has 0 spiro atoms. The molecule has 4 rings (SSSR count). The van der Waals surface area contributed by atoms with Crippen molar-refractivity contribution in [2.75, 3.05) is 11.9 Å². The third kappa shape index (κ3) is 3.19. The van der Waals surface area contributed by atoms with E-state index in [0.717, 1.165) is 35.6 Å². The molecule has 1 aromatic carbocycles. The zero-order valence-corrected chi connectivity index (χ0v) is 13.9. The summed E-state index contributed by atoms with van der Waals surface area (Å²) in [7, 11) is 0. The van der Waals surface area contributed by atoms with Crippen LogP contribution in [0.2, 0.25) is 0 Å². The summed E-state index contributed by atoms with van der Waals surface area (Å²) in [5, 5.41) is 7.91. The molecule has 0 unspecified atom stereocenters. The predicted octanol–water partition coefficient (Wildman–Crippen LogP) is 3.15. The highest BCUT2D eigenvalue weighted by molar-refractivity contribution is 5.64. The number of imidazole rings is 1. The van der Waals surface area contributed by atoms with Crippen molar-refractivity contribution in [3.05, 3.63) is 72.3 Å². The van der Waals surface area contributed by atoms with Crippen molar-refractivity contribution in [3.63, 3.8) is 0 Å². The molecule has 0 saturated heterocycles. The van der Waals surface area contributed by atoms with Crippen molar-refractivity contribution in [1.29, 1.82) is 0 Å². The first kappa shape index (κ1) is 15.3. The van der Waals surface area contributed by atoms with E-state index in [2.05, 4.69) is 25.4 Å². The number of aryl methyl sites for hydroxylation is 1. The number of anilines is 1. The zero-order valence-electron chi connectivity index (χ0n) is 13.9. The Kier molecular flexibility index (Phi) is 4.08. The van der Waals surface area contributed by atoms with Gasteiger partial charge in [-0.05, 0) is 31.0 Å². The van der Waals surface area contributed by atoms with E-state index in [9.17, 15) is 0 Å². The van der Waals surface area contributed by atoms with Crippen LogP contribution < -0.4 is 5.32 Å². The molecule has 0 fully saturated rings. The molecule has 0 atom stereocenters. The summed E-state index contributed by atoms with van der Waals surface area (Å²) < 4.78 is 1.85. The summed E-state index contributed by atoms with van der Waals surface area (Å²) in [5.41, 5.74) is 4.10. The molecule has 0 aliphatic rings. The van der Waals surface area contributed by atoms with Gasteiger partial charge in [0.1, 0.15) is 5.52 Å². The molecule has 3 aromatic heterocycles. The quantitative estimate of drug-likeness (QED) is 0.609. The molecular formula is C19H18N6. The molecule has 0 amide bonds. The van der Waals surface area contributed by atoms with Crippen LogP contribution >= 0.6 is 0 Å². The molecule has 1 N–H and O–H groups in total. The molecule has 25 heavy (non-hydrogen) atoms. The summed E-state index contributed by atoms with van der Waals surface area (Å²) in [4.78, 5) is 13.1. The Balaban J connectivity index is 1.59. The molecule has 6 nitrogen and oxygen atoms in total. The average Bonchev–Trinajstić information content (AvgIpc) is 3.00. The van der Waals surface area contributed by atoms with Crippen LogP contribution in [0.4, 0.5) is 5.95 Å². The fourth-order valence-electron chi connectivity index (χ4n) is 2.75. The minimum absolute atomic E-state index is 0.594. The lowest BCUT2D eigenvalue weighted by atomic mass is 10.2. The standard InChI is InChI=1S/C19H18N6/c1-14-17-13-22-19(21-12-9-15-7-10-20-11-8-15)24-25(17)18(23-14)16-5-3-2-4-6-16/h2-8,10-11,13H,9,12H2,1H3,(H,21,24). The number of rotatable bonds is 5. The lowest BCUT2D eigenvalue weighted by Crippen LogP contribution is -2.10. The smallest absolute Gasteiger partial charge is 0.241 e. The van der Waals surface area contributed by atoms with E-state index in [0.29, 0.717) is 5.95 Å². The van der Waals surface area contributed by atoms with Gasteiger partial charge in [0, 0.05) is 24.5 Å². The Labute approximate surface area is 145 Å². The van der Waals surface area contributed by atoms with Gasteiger partial charge in [-0.1, -0.05) is 30.3 Å². The summed E-state index contributed by atoms with van der Waals surface area (Å²) in [6.07, 6.45) is 6.31. The first-order valence-electron chi connectivity index (χ1n) is 8.22. The first-order valence-corrected chi connectivity index (χ1v) is 8.22. The summed E-state index contributed by atoms with van der Waals surface area (Å²) >= 11 is 0. The Morgan fingerprint density at radius 3 is 2.64 bits per heavy atom. The maximum absolute atomic E-state index is 4.65. The predicted molar refractivity (Wildman–Crippen MR) is 97.4 cm³/mol. The van der Waals surface area contributed by atoms with E-state index in [1.807, 2.05) is 60.1 Å². The zero-order chi connectivity index (χ0) is 17.1. The summed E-state index contributed by atoms with van der Waals surface area (Å²) in [6.45, 7) is 2.73. The van der Waals surface area contributed by atoms with E-state index in [1.54, 1.807) is 12.4 Å². The number of nitrogens with one attached hydrogen (secondary N) is 1. The Bertz CT molecular complexity index is 979. The molecular weight excluding hydrogens is 312 g/mol. The van der Waals surface area contributed by atoms with Gasteiger partial charge in [0.05, 0.1) is 11.9 Å². The molecule has 3 heterocycles. The van der Waals surface area contributed by atoms with E-state index >= 15 is 0 Å². The van der Waals surface area contributed by atoms with Crippen LogP contribution in [0.1, 0.15) is 11.3 Å². The highest BCUT2D eigenvalue weighted by atomic mass is 15.3. The van der Waals surface area contributed by atoms with E-state index in [1.165, 1.54) is 5.56 Å². The summed E-state index contributed by atoms with van der Waals surface area (Å²) in [6, 6.07) is 14.1. The fraction of sp³-hybridized carbons (Fsp3) is 0.158. The van der Waals surface area contributed by atoms with Crippen molar-refractivity contribution in [3.8, 4) is 11.4 Å². The van der Waals surface area contributed by atoms with Crippen molar-refractivity contribution >= 4 is 11.5 Å². The second-order valence-electron chi connectivity index (χ2n) is 5.80. The largest absolute Gasteiger partial charge is 0.353 e. The van der Waals surface area contributed by atoms with Crippen molar-refractivity contribution < 1.29 is 0 Å². The van der Waals surface area contributed by atoms with Crippen LogP contribution in [0.3, 0.4) is 0 Å². The number of nitrogens with zero attached hydrogens (tertiary/aromatic N) is 5. The van der Waals surface area contributed by atoms with Crippen molar-refractivity contribution in [1.82, 2.24) is 24.6 Å². The van der Waals surface area contributed by atoms with Crippen molar-refractivity contribution in [2.24, 2.45) is 0 Å². The maximum Gasteiger partial charge on any atom is 0.241 e. The molecule has 6 heteroatoms. The number of pyridine rings is 1. The minimum Gasteiger partial charge on any atom is -0.353 e. The molecule has 0 saturated carbocycles. The fourth-order valence-corrected chi connectivity index (χ4v) is 2.75. The highest BCUT2D eigenvalue weighted by Gasteiger charge is 2.12. The van der Waals surface area contributed by atoms with Gasteiger partial charge in [0.15, 0.2) is 5.82 Å². The van der Waals surface area contributed by atoms with Gasteiger partial charge in [0.25, 0.3) is 0 Å². The Hall–Kier alpha value is -3.28. The van der Waals surface area contributed by atoms with E-state index < -0.39 is 0 Å². The van der Waals surface area contributed by atoms with Crippen LogP contribution in [0.5, 0.6) is 0 Å². The normalized spacial score (nSPS) is 10.9. The Morgan fingerprint density at radius 1 is 1.04 bits per heavy atom. The van der Waals surface area contributed by atoms with Crippen LogP contribution in [0, 0.1) is 6.92 Å². The second kappa shape index (κ2) is 6.68. The highest BCUT2D eigenvalue weighted by Crippen LogP contribution is 2.21.